The Kier molecular flexibility index (Phi) is 5.01. The Labute approximate surface area is 121 Å². The van der Waals surface area contributed by atoms with Crippen molar-refractivity contribution >= 4 is 5.91 Å². The van der Waals surface area contributed by atoms with Gasteiger partial charge in [-0.1, -0.05) is 0 Å². The number of ether oxygens (including phenoxy) is 1. The highest BCUT2D eigenvalue weighted by Crippen LogP contribution is 2.15. The molecule has 2 rings (SSSR count). The second-order valence-corrected chi connectivity index (χ2v) is 5.74. The average molecular weight is 276 g/mol. The fourth-order valence-electron chi connectivity index (χ4n) is 2.38. The zero-order valence-electron chi connectivity index (χ0n) is 12.6. The van der Waals surface area contributed by atoms with Crippen LogP contribution in [0.15, 0.2) is 24.3 Å². The number of nitrogens with one attached hydrogen (secondary N) is 1. The fraction of sp³-hybridized carbons (Fsp3) is 0.562. The third-order valence-corrected chi connectivity index (χ3v) is 3.54. The van der Waals surface area contributed by atoms with Gasteiger partial charge in [0.1, 0.15) is 5.75 Å². The average Bonchev–Trinajstić information content (AvgIpc) is 2.41. The summed E-state index contributed by atoms with van der Waals surface area (Å²) in [5.41, 5.74) is 0.694. The molecule has 4 nitrogen and oxygen atoms in total. The summed E-state index contributed by atoms with van der Waals surface area (Å²) in [6, 6.07) is 7.64. The van der Waals surface area contributed by atoms with Crippen LogP contribution in [0.3, 0.4) is 0 Å². The Balaban J connectivity index is 1.89. The highest BCUT2D eigenvalue weighted by Gasteiger charge is 2.18. The molecule has 20 heavy (non-hydrogen) atoms. The van der Waals surface area contributed by atoms with Gasteiger partial charge in [-0.3, -0.25) is 4.79 Å². The molecule has 0 radical (unpaired) electrons. The number of piperidine rings is 1. The van der Waals surface area contributed by atoms with E-state index in [1.165, 1.54) is 0 Å². The molecule has 0 unspecified atom stereocenters. The summed E-state index contributed by atoms with van der Waals surface area (Å²) in [7, 11) is 2.12. The molecule has 0 bridgehead atoms. The van der Waals surface area contributed by atoms with Crippen LogP contribution >= 0.6 is 0 Å². The predicted octanol–water partition coefficient (Wildman–Crippen LogP) is 2.30. The number of carbonyl (C=O) groups excluding carboxylic acids is 1. The number of nitrogens with zero attached hydrogens (tertiary/aromatic N) is 1. The minimum Gasteiger partial charge on any atom is -0.491 e. The summed E-state index contributed by atoms with van der Waals surface area (Å²) in [5, 5.41) is 3.11. The smallest absolute Gasteiger partial charge is 0.251 e. The van der Waals surface area contributed by atoms with Crippen molar-refractivity contribution < 1.29 is 9.53 Å². The quantitative estimate of drug-likeness (QED) is 0.917. The number of benzene rings is 1. The molecule has 0 saturated carbocycles. The molecule has 110 valence electrons. The zero-order chi connectivity index (χ0) is 14.5. The van der Waals surface area contributed by atoms with E-state index < -0.39 is 0 Å². The van der Waals surface area contributed by atoms with E-state index in [1.807, 2.05) is 38.1 Å². The van der Waals surface area contributed by atoms with Gasteiger partial charge >= 0.3 is 0 Å². The third kappa shape index (κ3) is 4.23. The van der Waals surface area contributed by atoms with Crippen molar-refractivity contribution in [1.82, 2.24) is 10.2 Å². The molecule has 1 aliphatic rings. The van der Waals surface area contributed by atoms with Gasteiger partial charge in [0.2, 0.25) is 0 Å². The molecule has 1 aromatic rings. The van der Waals surface area contributed by atoms with Crippen LogP contribution < -0.4 is 10.1 Å². The summed E-state index contributed by atoms with van der Waals surface area (Å²) in [4.78, 5) is 14.5. The molecule has 0 aliphatic carbocycles. The molecule has 4 heteroatoms. The van der Waals surface area contributed by atoms with Crippen LogP contribution in [0.25, 0.3) is 0 Å². The Hall–Kier alpha value is -1.55. The van der Waals surface area contributed by atoms with Crippen LogP contribution in [0, 0.1) is 0 Å². The third-order valence-electron chi connectivity index (χ3n) is 3.54. The minimum atomic E-state index is 0.00986. The molecule has 1 saturated heterocycles. The summed E-state index contributed by atoms with van der Waals surface area (Å²) in [6.07, 6.45) is 2.20. The first-order valence-electron chi connectivity index (χ1n) is 7.30. The lowest BCUT2D eigenvalue weighted by Crippen LogP contribution is -2.43. The number of likely N-dealkylation sites (tertiary alicyclic amines) is 1. The minimum absolute atomic E-state index is 0.00986. The molecule has 1 fully saturated rings. The van der Waals surface area contributed by atoms with Crippen LogP contribution in [-0.4, -0.2) is 43.1 Å². The van der Waals surface area contributed by atoms with Crippen LogP contribution in [-0.2, 0) is 0 Å². The molecular weight excluding hydrogens is 252 g/mol. The van der Waals surface area contributed by atoms with Gasteiger partial charge in [-0.15, -0.1) is 0 Å². The summed E-state index contributed by atoms with van der Waals surface area (Å²) in [5.74, 6) is 0.812. The second-order valence-electron chi connectivity index (χ2n) is 5.74. The highest BCUT2D eigenvalue weighted by atomic mass is 16.5. The van der Waals surface area contributed by atoms with E-state index in [0.717, 1.165) is 31.7 Å². The number of carbonyl (C=O) groups is 1. The number of amides is 1. The van der Waals surface area contributed by atoms with Crippen molar-refractivity contribution in [1.29, 1.82) is 0 Å². The SMILES string of the molecule is CC(C)Oc1ccc(C(=O)NC2CCN(C)CC2)cc1. The van der Waals surface area contributed by atoms with E-state index in [1.54, 1.807) is 0 Å². The topological polar surface area (TPSA) is 41.6 Å². The number of hydrogen-bond acceptors (Lipinski definition) is 3. The Morgan fingerprint density at radius 1 is 1.25 bits per heavy atom. The maximum atomic E-state index is 12.2. The largest absolute Gasteiger partial charge is 0.491 e. The highest BCUT2D eigenvalue weighted by molar-refractivity contribution is 5.94. The molecule has 0 atom stereocenters. The molecule has 1 amide bonds. The number of rotatable bonds is 4. The van der Waals surface area contributed by atoms with Gasteiger partial charge in [-0.05, 0) is 71.1 Å². The summed E-state index contributed by atoms with van der Waals surface area (Å²) in [6.45, 7) is 6.07. The van der Waals surface area contributed by atoms with Crippen molar-refractivity contribution in [3.05, 3.63) is 29.8 Å². The lowest BCUT2D eigenvalue weighted by molar-refractivity contribution is 0.0917. The molecule has 1 aromatic carbocycles. The lowest BCUT2D eigenvalue weighted by atomic mass is 10.0. The first kappa shape index (κ1) is 14.9. The van der Waals surface area contributed by atoms with Crippen molar-refractivity contribution in [3.8, 4) is 5.75 Å². The van der Waals surface area contributed by atoms with E-state index in [0.29, 0.717) is 11.6 Å². The van der Waals surface area contributed by atoms with E-state index in [9.17, 15) is 4.79 Å². The Bertz CT molecular complexity index is 434. The Morgan fingerprint density at radius 2 is 1.85 bits per heavy atom. The summed E-state index contributed by atoms with van der Waals surface area (Å²) < 4.78 is 5.57. The van der Waals surface area contributed by atoms with Gasteiger partial charge in [0.05, 0.1) is 6.10 Å². The maximum Gasteiger partial charge on any atom is 0.251 e. The standard InChI is InChI=1S/C16H24N2O2/c1-12(2)20-15-6-4-13(5-7-15)16(19)17-14-8-10-18(3)11-9-14/h4-7,12,14H,8-11H2,1-3H3,(H,17,19). The van der Waals surface area contributed by atoms with Gasteiger partial charge in [0.15, 0.2) is 0 Å². The molecule has 0 aromatic heterocycles. The molecule has 1 N–H and O–H groups in total. The van der Waals surface area contributed by atoms with E-state index >= 15 is 0 Å². The van der Waals surface area contributed by atoms with Crippen LogP contribution in [0.4, 0.5) is 0 Å². The first-order chi connectivity index (χ1) is 9.54. The van der Waals surface area contributed by atoms with Gasteiger partial charge in [0, 0.05) is 11.6 Å². The Morgan fingerprint density at radius 3 is 2.40 bits per heavy atom. The normalized spacial score (nSPS) is 17.2. The molecular formula is C16H24N2O2. The second kappa shape index (κ2) is 6.75. The van der Waals surface area contributed by atoms with Crippen LogP contribution in [0.1, 0.15) is 37.0 Å². The number of hydrogen-bond donors (Lipinski definition) is 1. The predicted molar refractivity (Wildman–Crippen MR) is 80.2 cm³/mol. The van der Waals surface area contributed by atoms with Crippen molar-refractivity contribution in [2.45, 2.75) is 38.8 Å². The van der Waals surface area contributed by atoms with Crippen molar-refractivity contribution in [2.75, 3.05) is 20.1 Å². The van der Waals surface area contributed by atoms with Gasteiger partial charge in [-0.25, -0.2) is 0 Å². The monoisotopic (exact) mass is 276 g/mol. The van der Waals surface area contributed by atoms with E-state index in [-0.39, 0.29) is 12.0 Å². The zero-order valence-corrected chi connectivity index (χ0v) is 12.6. The van der Waals surface area contributed by atoms with E-state index in [2.05, 4.69) is 17.3 Å². The van der Waals surface area contributed by atoms with Crippen molar-refractivity contribution in [3.63, 3.8) is 0 Å². The van der Waals surface area contributed by atoms with Crippen molar-refractivity contribution in [2.24, 2.45) is 0 Å². The first-order valence-corrected chi connectivity index (χ1v) is 7.30. The van der Waals surface area contributed by atoms with Crippen LogP contribution in [0.5, 0.6) is 5.75 Å². The van der Waals surface area contributed by atoms with Crippen LogP contribution in [0.2, 0.25) is 0 Å². The molecule has 1 heterocycles. The summed E-state index contributed by atoms with van der Waals surface area (Å²) >= 11 is 0. The molecule has 1 aliphatic heterocycles. The van der Waals surface area contributed by atoms with Gasteiger partial charge < -0.3 is 15.0 Å². The van der Waals surface area contributed by atoms with Gasteiger partial charge in [-0.2, -0.15) is 0 Å². The maximum absolute atomic E-state index is 12.2. The fourth-order valence-corrected chi connectivity index (χ4v) is 2.38. The molecule has 0 spiro atoms. The lowest BCUT2D eigenvalue weighted by Gasteiger charge is -2.29. The van der Waals surface area contributed by atoms with E-state index in [4.69, 9.17) is 4.74 Å². The van der Waals surface area contributed by atoms with Gasteiger partial charge in [0.25, 0.3) is 5.91 Å².